The Morgan fingerprint density at radius 3 is 3.15 bits per heavy atom. The van der Waals surface area contributed by atoms with Crippen LogP contribution in [0.5, 0.6) is 5.75 Å². The molecule has 68 valence electrons. The maximum Gasteiger partial charge on any atom is 0.157 e. The van der Waals surface area contributed by atoms with E-state index in [1.165, 1.54) is 0 Å². The van der Waals surface area contributed by atoms with E-state index in [1.807, 2.05) is 18.6 Å². The van der Waals surface area contributed by atoms with Crippen molar-refractivity contribution in [2.45, 2.75) is 6.61 Å². The second-order valence-electron chi connectivity index (χ2n) is 2.62. The third-order valence-corrected chi connectivity index (χ3v) is 2.19. The van der Waals surface area contributed by atoms with Crippen LogP contribution in [0, 0.1) is 0 Å². The highest BCUT2D eigenvalue weighted by Crippen LogP contribution is 2.10. The first-order valence-electron chi connectivity index (χ1n) is 3.83. The molecule has 0 unspecified atom stereocenters. The van der Waals surface area contributed by atoms with E-state index in [-0.39, 0.29) is 0 Å². The minimum Gasteiger partial charge on any atom is -0.484 e. The van der Waals surface area contributed by atoms with Gasteiger partial charge in [-0.3, -0.25) is 4.68 Å². The van der Waals surface area contributed by atoms with Crippen LogP contribution in [0.25, 0.3) is 0 Å². The lowest BCUT2D eigenvalue weighted by Gasteiger charge is -1.98. The largest absolute Gasteiger partial charge is 0.484 e. The lowest BCUT2D eigenvalue weighted by molar-refractivity contribution is 0.302. The fraction of sp³-hybridized carbons (Fsp3) is 0.250. The van der Waals surface area contributed by atoms with Crippen molar-refractivity contribution in [2.75, 3.05) is 0 Å². The normalized spacial score (nSPS) is 10.2. The molecular weight excluding hydrogens is 186 g/mol. The summed E-state index contributed by atoms with van der Waals surface area (Å²) >= 11 is 1.57. The van der Waals surface area contributed by atoms with Crippen LogP contribution < -0.4 is 4.74 Å². The Bertz CT molecular complexity index is 368. The van der Waals surface area contributed by atoms with E-state index < -0.39 is 0 Å². The van der Waals surface area contributed by atoms with E-state index in [0.29, 0.717) is 6.61 Å². The molecule has 2 rings (SSSR count). The highest BCUT2D eigenvalue weighted by atomic mass is 32.1. The predicted octanol–water partition coefficient (Wildman–Crippen LogP) is 1.46. The van der Waals surface area contributed by atoms with Crippen molar-refractivity contribution in [3.8, 4) is 5.75 Å². The molecule has 0 aliphatic carbocycles. The standard InChI is InChI=1S/C8H9N3OS/c1-11-3-8(2-10-11)12-4-7-5-13-6-9-7/h2-3,5-6H,4H2,1H3. The average Bonchev–Trinajstić information content (AvgIpc) is 2.71. The quantitative estimate of drug-likeness (QED) is 0.744. The van der Waals surface area contributed by atoms with Gasteiger partial charge in [-0.1, -0.05) is 0 Å². The van der Waals surface area contributed by atoms with Crippen LogP contribution in [-0.4, -0.2) is 14.8 Å². The zero-order chi connectivity index (χ0) is 9.10. The summed E-state index contributed by atoms with van der Waals surface area (Å²) in [7, 11) is 1.86. The zero-order valence-electron chi connectivity index (χ0n) is 7.17. The van der Waals surface area contributed by atoms with Crippen LogP contribution in [-0.2, 0) is 13.7 Å². The number of rotatable bonds is 3. The van der Waals surface area contributed by atoms with Gasteiger partial charge in [-0.25, -0.2) is 4.98 Å². The van der Waals surface area contributed by atoms with Crippen LogP contribution in [0.2, 0.25) is 0 Å². The lowest BCUT2D eigenvalue weighted by atomic mass is 10.5. The summed E-state index contributed by atoms with van der Waals surface area (Å²) in [6, 6.07) is 0. The van der Waals surface area contributed by atoms with Gasteiger partial charge in [-0.2, -0.15) is 5.10 Å². The van der Waals surface area contributed by atoms with E-state index in [9.17, 15) is 0 Å². The van der Waals surface area contributed by atoms with Crippen LogP contribution >= 0.6 is 11.3 Å². The maximum absolute atomic E-state index is 5.43. The van der Waals surface area contributed by atoms with Gasteiger partial charge in [0.15, 0.2) is 5.75 Å². The smallest absolute Gasteiger partial charge is 0.157 e. The molecule has 0 fully saturated rings. The van der Waals surface area contributed by atoms with E-state index in [4.69, 9.17) is 4.74 Å². The molecule has 0 saturated heterocycles. The molecule has 0 aromatic carbocycles. The monoisotopic (exact) mass is 195 g/mol. The maximum atomic E-state index is 5.43. The number of nitrogens with zero attached hydrogens (tertiary/aromatic N) is 3. The Balaban J connectivity index is 1.93. The topological polar surface area (TPSA) is 39.9 Å². The molecule has 0 amide bonds. The summed E-state index contributed by atoms with van der Waals surface area (Å²) in [5.74, 6) is 0.774. The highest BCUT2D eigenvalue weighted by molar-refractivity contribution is 7.07. The Labute approximate surface area is 79.8 Å². The van der Waals surface area contributed by atoms with E-state index in [0.717, 1.165) is 11.4 Å². The second-order valence-corrected chi connectivity index (χ2v) is 3.34. The van der Waals surface area contributed by atoms with Crippen LogP contribution in [0.15, 0.2) is 23.3 Å². The van der Waals surface area contributed by atoms with Gasteiger partial charge in [0.1, 0.15) is 6.61 Å². The molecule has 0 aliphatic heterocycles. The summed E-state index contributed by atoms with van der Waals surface area (Å²) in [5, 5.41) is 5.96. The van der Waals surface area contributed by atoms with Gasteiger partial charge in [-0.15, -0.1) is 11.3 Å². The van der Waals surface area contributed by atoms with Crippen molar-refractivity contribution >= 4 is 11.3 Å². The average molecular weight is 195 g/mol. The fourth-order valence-electron chi connectivity index (χ4n) is 0.939. The predicted molar refractivity (Wildman–Crippen MR) is 49.7 cm³/mol. The summed E-state index contributed by atoms with van der Waals surface area (Å²) < 4.78 is 7.14. The van der Waals surface area contributed by atoms with Gasteiger partial charge in [0.2, 0.25) is 0 Å². The molecule has 0 bridgehead atoms. The molecule has 0 atom stereocenters. The van der Waals surface area contributed by atoms with Gasteiger partial charge in [0, 0.05) is 12.4 Å². The molecule has 13 heavy (non-hydrogen) atoms. The molecule has 2 heterocycles. The van der Waals surface area contributed by atoms with Crippen molar-refractivity contribution in [3.05, 3.63) is 29.0 Å². The lowest BCUT2D eigenvalue weighted by Crippen LogP contribution is -1.94. The molecule has 0 aliphatic rings. The first-order valence-corrected chi connectivity index (χ1v) is 4.77. The first-order chi connectivity index (χ1) is 6.34. The van der Waals surface area contributed by atoms with Gasteiger partial charge in [0.25, 0.3) is 0 Å². The second kappa shape index (κ2) is 3.57. The number of aromatic nitrogens is 3. The molecule has 0 spiro atoms. The van der Waals surface area contributed by atoms with Gasteiger partial charge >= 0.3 is 0 Å². The summed E-state index contributed by atoms with van der Waals surface area (Å²) in [4.78, 5) is 4.10. The highest BCUT2D eigenvalue weighted by Gasteiger charge is 1.98. The number of aryl methyl sites for hydroxylation is 1. The number of hydrogen-bond donors (Lipinski definition) is 0. The minimum absolute atomic E-state index is 0.509. The molecule has 5 heteroatoms. The molecule has 0 N–H and O–H groups in total. The van der Waals surface area contributed by atoms with Crippen LogP contribution in [0.4, 0.5) is 0 Å². The van der Waals surface area contributed by atoms with Crippen LogP contribution in [0.1, 0.15) is 5.69 Å². The van der Waals surface area contributed by atoms with Crippen molar-refractivity contribution in [2.24, 2.45) is 7.05 Å². The van der Waals surface area contributed by atoms with Crippen LogP contribution in [0.3, 0.4) is 0 Å². The summed E-state index contributed by atoms with van der Waals surface area (Å²) in [6.07, 6.45) is 3.51. The van der Waals surface area contributed by atoms with E-state index >= 15 is 0 Å². The minimum atomic E-state index is 0.509. The number of hydrogen-bond acceptors (Lipinski definition) is 4. The Kier molecular flexibility index (Phi) is 2.27. The van der Waals surface area contributed by atoms with Gasteiger partial charge in [-0.05, 0) is 0 Å². The van der Waals surface area contributed by atoms with Gasteiger partial charge < -0.3 is 4.74 Å². The molecule has 4 nitrogen and oxygen atoms in total. The Morgan fingerprint density at radius 1 is 1.62 bits per heavy atom. The third kappa shape index (κ3) is 2.06. The van der Waals surface area contributed by atoms with Crippen molar-refractivity contribution in [1.29, 1.82) is 0 Å². The SMILES string of the molecule is Cn1cc(OCc2cscn2)cn1. The fourth-order valence-corrected chi connectivity index (χ4v) is 1.48. The molecule has 2 aromatic rings. The molecule has 2 aromatic heterocycles. The van der Waals surface area contributed by atoms with E-state index in [1.54, 1.807) is 27.7 Å². The van der Waals surface area contributed by atoms with Gasteiger partial charge in [0.05, 0.1) is 23.6 Å². The van der Waals surface area contributed by atoms with Crippen molar-refractivity contribution in [1.82, 2.24) is 14.8 Å². The Hall–Kier alpha value is -1.36. The molecule has 0 radical (unpaired) electrons. The third-order valence-electron chi connectivity index (χ3n) is 1.55. The summed E-state index contributed by atoms with van der Waals surface area (Å²) in [6.45, 7) is 0.509. The molecule has 0 saturated carbocycles. The zero-order valence-corrected chi connectivity index (χ0v) is 7.99. The summed E-state index contributed by atoms with van der Waals surface area (Å²) in [5.41, 5.74) is 2.75. The van der Waals surface area contributed by atoms with Crippen molar-refractivity contribution < 1.29 is 4.74 Å². The van der Waals surface area contributed by atoms with Crippen molar-refractivity contribution in [3.63, 3.8) is 0 Å². The first kappa shape index (κ1) is 8.25. The van der Waals surface area contributed by atoms with E-state index in [2.05, 4.69) is 10.1 Å². The number of ether oxygens (including phenoxy) is 1. The molecular formula is C8H9N3OS. The Morgan fingerprint density at radius 2 is 2.54 bits per heavy atom. The number of thiazole rings is 1.